The molecule has 0 bridgehead atoms. The van der Waals surface area contributed by atoms with Gasteiger partial charge in [0.05, 0.1) is 0 Å². The Labute approximate surface area is 170 Å². The summed E-state index contributed by atoms with van der Waals surface area (Å²) >= 11 is -2.42. The van der Waals surface area contributed by atoms with Gasteiger partial charge in [-0.25, -0.2) is 0 Å². The van der Waals surface area contributed by atoms with Gasteiger partial charge in [-0.15, -0.1) is 0 Å². The van der Waals surface area contributed by atoms with E-state index in [1.807, 2.05) is 0 Å². The second kappa shape index (κ2) is 11.6. The van der Waals surface area contributed by atoms with Crippen molar-refractivity contribution in [2.24, 2.45) is 0 Å². The molecule has 0 unspecified atom stereocenters. The van der Waals surface area contributed by atoms with Gasteiger partial charge in [-0.1, -0.05) is 0 Å². The van der Waals surface area contributed by atoms with E-state index in [1.165, 1.54) is 54.6 Å². The van der Waals surface area contributed by atoms with Crippen LogP contribution in [0.3, 0.4) is 0 Å². The van der Waals surface area contributed by atoms with Gasteiger partial charge in [-0.2, -0.15) is 0 Å². The number of unbranched alkanes of at least 4 members (excludes halogenated alkanes) is 2. The van der Waals surface area contributed by atoms with Gasteiger partial charge in [-0.05, 0) is 0 Å². The molecule has 3 heteroatoms. The van der Waals surface area contributed by atoms with Crippen LogP contribution in [0.25, 0.3) is 0 Å². The van der Waals surface area contributed by atoms with Crippen molar-refractivity contribution in [2.45, 2.75) is 57.3 Å². The van der Waals surface area contributed by atoms with Crippen LogP contribution in [0, 0.1) is 0 Å². The summed E-state index contributed by atoms with van der Waals surface area (Å²) < 4.78 is 16.5. The van der Waals surface area contributed by atoms with Crippen molar-refractivity contribution >= 4 is 18.4 Å². The number of hydrogen-bond acceptors (Lipinski definition) is 2. The first kappa shape index (κ1) is 22.1. The quantitative estimate of drug-likeness (QED) is 0.322. The maximum absolute atomic E-state index is 5.49. The van der Waals surface area contributed by atoms with Crippen LogP contribution in [-0.2, 0) is 8.87 Å². The molecule has 0 aliphatic heterocycles. The van der Waals surface area contributed by atoms with Crippen molar-refractivity contribution in [3.63, 3.8) is 0 Å². The Morgan fingerprint density at radius 2 is 1.15 bits per heavy atom. The summed E-state index contributed by atoms with van der Waals surface area (Å²) in [4.78, 5) is 0. The van der Waals surface area contributed by atoms with Gasteiger partial charge in [0.1, 0.15) is 0 Å². The predicted molar refractivity (Wildman–Crippen MR) is 119 cm³/mol. The van der Waals surface area contributed by atoms with Crippen molar-refractivity contribution in [1.29, 1.82) is 0 Å². The summed E-state index contributed by atoms with van der Waals surface area (Å²) in [5.74, 6) is 1.97. The van der Waals surface area contributed by atoms with E-state index in [-0.39, 0.29) is 0 Å². The van der Waals surface area contributed by atoms with Crippen LogP contribution < -0.4 is 9.47 Å². The zero-order valence-corrected chi connectivity index (χ0v) is 20.4. The molecule has 2 aromatic rings. The van der Waals surface area contributed by atoms with E-state index in [2.05, 4.69) is 62.4 Å². The van der Waals surface area contributed by atoms with Crippen LogP contribution in [0.2, 0.25) is 8.87 Å². The minimum absolute atomic E-state index is 0.986. The standard InChI is InChI=1S/2C8H9O.2C4H9.Sn/c2*1-7-4-3-5-8(6-7)9-2;2*1-3-4-2;/h2*3-6H,1H2,2H3;2*1,3-4H2,2H3;. The van der Waals surface area contributed by atoms with Gasteiger partial charge in [0, 0.05) is 0 Å². The van der Waals surface area contributed by atoms with Crippen molar-refractivity contribution in [3.05, 3.63) is 59.7 Å². The Morgan fingerprint density at radius 3 is 1.52 bits per heavy atom. The topological polar surface area (TPSA) is 18.5 Å². The molecule has 0 aliphatic carbocycles. The average Bonchev–Trinajstić information content (AvgIpc) is 2.71. The third-order valence-electron chi connectivity index (χ3n) is 5.55. The molecule has 0 spiro atoms. The predicted octanol–water partition coefficient (Wildman–Crippen LogP) is 6.62. The fourth-order valence-electron chi connectivity index (χ4n) is 4.08. The van der Waals surface area contributed by atoms with Crippen molar-refractivity contribution in [3.8, 4) is 11.5 Å². The van der Waals surface area contributed by atoms with E-state index >= 15 is 0 Å². The molecular weight excluding hydrogens is 439 g/mol. The van der Waals surface area contributed by atoms with Gasteiger partial charge in [0.15, 0.2) is 0 Å². The number of rotatable bonds is 12. The molecule has 2 rings (SSSR count). The molecule has 0 fully saturated rings. The van der Waals surface area contributed by atoms with Crippen LogP contribution in [0.5, 0.6) is 11.5 Å². The Balaban J connectivity index is 2.33. The van der Waals surface area contributed by atoms with Gasteiger partial charge in [0.25, 0.3) is 0 Å². The molecule has 0 heterocycles. The third kappa shape index (κ3) is 7.06. The fourth-order valence-corrected chi connectivity index (χ4v) is 19.7. The summed E-state index contributed by atoms with van der Waals surface area (Å²) in [6.07, 6.45) is 5.32. The molecular formula is C24H36O2Sn. The minimum atomic E-state index is -2.42. The summed E-state index contributed by atoms with van der Waals surface area (Å²) in [6.45, 7) is 4.65. The number of hydrogen-bond donors (Lipinski definition) is 0. The summed E-state index contributed by atoms with van der Waals surface area (Å²) in [7, 11) is 3.53. The van der Waals surface area contributed by atoms with E-state index in [0.29, 0.717) is 0 Å². The Morgan fingerprint density at radius 1 is 0.704 bits per heavy atom. The van der Waals surface area contributed by atoms with Crippen molar-refractivity contribution in [1.82, 2.24) is 0 Å². The molecule has 148 valence electrons. The number of ether oxygens (including phenoxy) is 2. The van der Waals surface area contributed by atoms with Crippen LogP contribution in [0.1, 0.15) is 50.7 Å². The van der Waals surface area contributed by atoms with Crippen LogP contribution in [0.4, 0.5) is 0 Å². The van der Waals surface area contributed by atoms with Crippen LogP contribution in [0.15, 0.2) is 48.5 Å². The molecule has 0 amide bonds. The molecule has 0 atom stereocenters. The summed E-state index contributed by atoms with van der Waals surface area (Å²) in [5.41, 5.74) is 2.94. The normalized spacial score (nSPS) is 11.4. The first-order chi connectivity index (χ1) is 13.1. The Bertz CT molecular complexity index is 624. The van der Waals surface area contributed by atoms with Gasteiger partial charge in [-0.3, -0.25) is 0 Å². The Hall–Kier alpha value is -1.16. The number of methoxy groups -OCH3 is 2. The Kier molecular flexibility index (Phi) is 9.53. The monoisotopic (exact) mass is 476 g/mol. The first-order valence-electron chi connectivity index (χ1n) is 10.4. The maximum atomic E-state index is 5.49. The molecule has 0 aliphatic rings. The van der Waals surface area contributed by atoms with Gasteiger partial charge >= 0.3 is 171 Å². The molecule has 0 N–H and O–H groups in total. The number of benzene rings is 2. The van der Waals surface area contributed by atoms with E-state index in [1.54, 1.807) is 14.2 Å². The molecule has 0 saturated carbocycles. The van der Waals surface area contributed by atoms with Gasteiger partial charge < -0.3 is 0 Å². The van der Waals surface area contributed by atoms with E-state index < -0.39 is 18.4 Å². The van der Waals surface area contributed by atoms with E-state index in [0.717, 1.165) is 11.5 Å². The van der Waals surface area contributed by atoms with Crippen molar-refractivity contribution < 1.29 is 9.47 Å². The molecule has 2 aromatic carbocycles. The zero-order chi connectivity index (χ0) is 19.5. The van der Waals surface area contributed by atoms with Crippen LogP contribution >= 0.6 is 0 Å². The molecule has 2 nitrogen and oxygen atoms in total. The average molecular weight is 475 g/mol. The van der Waals surface area contributed by atoms with Crippen LogP contribution in [-0.4, -0.2) is 32.6 Å². The molecule has 0 aromatic heterocycles. The first-order valence-corrected chi connectivity index (χ1v) is 18.5. The SMILES string of the molecule is CCC[CH2][Sn]([CH2]CCC)([CH2]c1cccc(OC)c1)[CH2]c1cccc(OC)c1. The van der Waals surface area contributed by atoms with Crippen molar-refractivity contribution in [2.75, 3.05) is 14.2 Å². The second-order valence-electron chi connectivity index (χ2n) is 7.76. The molecule has 27 heavy (non-hydrogen) atoms. The summed E-state index contributed by atoms with van der Waals surface area (Å²) in [5, 5.41) is 0. The molecule has 0 radical (unpaired) electrons. The van der Waals surface area contributed by atoms with E-state index in [4.69, 9.17) is 9.47 Å². The van der Waals surface area contributed by atoms with E-state index in [9.17, 15) is 0 Å². The molecule has 0 saturated heterocycles. The fraction of sp³-hybridized carbons (Fsp3) is 0.500. The third-order valence-corrected chi connectivity index (χ3v) is 20.2. The second-order valence-corrected chi connectivity index (χ2v) is 21.2. The zero-order valence-electron chi connectivity index (χ0n) is 17.6. The van der Waals surface area contributed by atoms with Gasteiger partial charge in [0.2, 0.25) is 0 Å². The summed E-state index contributed by atoms with van der Waals surface area (Å²) in [6, 6.07) is 17.5.